The van der Waals surface area contributed by atoms with E-state index in [2.05, 4.69) is 5.32 Å². The summed E-state index contributed by atoms with van der Waals surface area (Å²) in [5.41, 5.74) is -2.25. The second-order valence-electron chi connectivity index (χ2n) is 4.45. The molecule has 1 rings (SSSR count). The molecule has 1 amide bonds. The van der Waals surface area contributed by atoms with E-state index in [9.17, 15) is 27.2 Å². The molecule has 1 atom stereocenters. The fourth-order valence-corrected chi connectivity index (χ4v) is 1.55. The van der Waals surface area contributed by atoms with Crippen molar-refractivity contribution in [3.63, 3.8) is 0 Å². The van der Waals surface area contributed by atoms with Crippen molar-refractivity contribution < 1.29 is 32.3 Å². The van der Waals surface area contributed by atoms with Gasteiger partial charge in [0.25, 0.3) is 5.91 Å². The molecule has 0 heterocycles. The first-order valence-corrected chi connectivity index (χ1v) is 6.01. The highest BCUT2D eigenvalue weighted by molar-refractivity contribution is 5.94. The summed E-state index contributed by atoms with van der Waals surface area (Å²) in [4.78, 5) is 22.2. The number of carbonyl (C=O) groups is 2. The summed E-state index contributed by atoms with van der Waals surface area (Å²) < 4.78 is 51.2. The van der Waals surface area contributed by atoms with Crippen LogP contribution in [0.25, 0.3) is 0 Å². The largest absolute Gasteiger partial charge is 0.481 e. The molecule has 0 saturated carbocycles. The first kappa shape index (κ1) is 16.9. The number of rotatable bonds is 5. The van der Waals surface area contributed by atoms with Crippen LogP contribution in [0.4, 0.5) is 17.6 Å². The molecule has 0 aromatic heterocycles. The normalized spacial score (nSPS) is 12.8. The van der Waals surface area contributed by atoms with E-state index in [4.69, 9.17) is 5.11 Å². The lowest BCUT2D eigenvalue weighted by Crippen LogP contribution is -2.28. The van der Waals surface area contributed by atoms with Crippen LogP contribution in [-0.2, 0) is 11.0 Å². The van der Waals surface area contributed by atoms with Crippen molar-refractivity contribution in [2.45, 2.75) is 19.5 Å². The number of halogens is 4. The molecule has 0 aliphatic heterocycles. The van der Waals surface area contributed by atoms with Gasteiger partial charge in [-0.05, 0) is 18.6 Å². The molecule has 116 valence electrons. The molecule has 0 fully saturated rings. The zero-order valence-corrected chi connectivity index (χ0v) is 11.0. The molecular formula is C13H13F4NO3. The van der Waals surface area contributed by atoms with Gasteiger partial charge >= 0.3 is 12.1 Å². The number of hydrogen-bond acceptors (Lipinski definition) is 2. The molecule has 1 unspecified atom stereocenters. The molecule has 0 aliphatic carbocycles. The van der Waals surface area contributed by atoms with Gasteiger partial charge in [-0.3, -0.25) is 9.59 Å². The van der Waals surface area contributed by atoms with Crippen LogP contribution in [0, 0.1) is 11.7 Å². The maximum absolute atomic E-state index is 13.7. The Morgan fingerprint density at radius 2 is 1.95 bits per heavy atom. The van der Waals surface area contributed by atoms with Crippen LogP contribution < -0.4 is 5.32 Å². The van der Waals surface area contributed by atoms with Gasteiger partial charge < -0.3 is 10.4 Å². The van der Waals surface area contributed by atoms with Gasteiger partial charge in [-0.1, -0.05) is 13.0 Å². The summed E-state index contributed by atoms with van der Waals surface area (Å²) in [6.45, 7) is 1.33. The van der Waals surface area contributed by atoms with Crippen molar-refractivity contribution in [1.29, 1.82) is 0 Å². The smallest absolute Gasteiger partial charge is 0.419 e. The number of carboxylic acids is 1. The SMILES string of the molecule is CC(CCNC(=O)c1cccc(C(F)(F)F)c1F)C(=O)O. The van der Waals surface area contributed by atoms with E-state index in [1.54, 1.807) is 0 Å². The second kappa shape index (κ2) is 6.55. The molecular weight excluding hydrogens is 294 g/mol. The third-order valence-electron chi connectivity index (χ3n) is 2.83. The lowest BCUT2D eigenvalue weighted by molar-refractivity contribution is -0.141. The van der Waals surface area contributed by atoms with Crippen LogP contribution in [0.2, 0.25) is 0 Å². The third-order valence-corrected chi connectivity index (χ3v) is 2.83. The number of alkyl halides is 3. The topological polar surface area (TPSA) is 66.4 Å². The van der Waals surface area contributed by atoms with E-state index in [1.165, 1.54) is 6.92 Å². The summed E-state index contributed by atoms with van der Waals surface area (Å²) in [7, 11) is 0. The van der Waals surface area contributed by atoms with Gasteiger partial charge in [-0.25, -0.2) is 4.39 Å². The van der Waals surface area contributed by atoms with Gasteiger partial charge in [0.1, 0.15) is 5.82 Å². The molecule has 0 aliphatic rings. The van der Waals surface area contributed by atoms with E-state index in [0.29, 0.717) is 6.07 Å². The molecule has 0 bridgehead atoms. The number of aliphatic carboxylic acids is 1. The van der Waals surface area contributed by atoms with Crippen molar-refractivity contribution in [3.05, 3.63) is 35.1 Å². The first-order valence-electron chi connectivity index (χ1n) is 6.01. The second-order valence-corrected chi connectivity index (χ2v) is 4.45. The molecule has 1 aromatic rings. The third kappa shape index (κ3) is 4.44. The molecule has 4 nitrogen and oxygen atoms in total. The lowest BCUT2D eigenvalue weighted by Gasteiger charge is -2.12. The van der Waals surface area contributed by atoms with Gasteiger partial charge in [0, 0.05) is 6.54 Å². The summed E-state index contributed by atoms with van der Waals surface area (Å²) in [5, 5.41) is 10.8. The minimum Gasteiger partial charge on any atom is -0.481 e. The Morgan fingerprint density at radius 3 is 2.48 bits per heavy atom. The van der Waals surface area contributed by atoms with E-state index < -0.39 is 40.9 Å². The predicted molar refractivity (Wildman–Crippen MR) is 65.2 cm³/mol. The van der Waals surface area contributed by atoms with Crippen molar-refractivity contribution in [2.24, 2.45) is 5.92 Å². The fraction of sp³-hybridized carbons (Fsp3) is 0.385. The fourth-order valence-electron chi connectivity index (χ4n) is 1.55. The van der Waals surface area contributed by atoms with Crippen LogP contribution in [-0.4, -0.2) is 23.5 Å². The molecule has 2 N–H and O–H groups in total. The van der Waals surface area contributed by atoms with E-state index >= 15 is 0 Å². The van der Waals surface area contributed by atoms with Crippen molar-refractivity contribution in [1.82, 2.24) is 5.32 Å². The molecule has 0 radical (unpaired) electrons. The highest BCUT2D eigenvalue weighted by Gasteiger charge is 2.35. The number of amides is 1. The first-order chi connectivity index (χ1) is 9.64. The van der Waals surface area contributed by atoms with Crippen LogP contribution >= 0.6 is 0 Å². The molecule has 8 heteroatoms. The Balaban J connectivity index is 2.78. The summed E-state index contributed by atoms with van der Waals surface area (Å²) in [6.07, 6.45) is -4.81. The van der Waals surface area contributed by atoms with Crippen LogP contribution in [0.15, 0.2) is 18.2 Å². The predicted octanol–water partition coefficient (Wildman–Crippen LogP) is 2.69. The summed E-state index contributed by atoms with van der Waals surface area (Å²) in [6, 6.07) is 2.40. The van der Waals surface area contributed by atoms with E-state index in [-0.39, 0.29) is 13.0 Å². The van der Waals surface area contributed by atoms with Crippen molar-refractivity contribution in [2.75, 3.05) is 6.54 Å². The molecule has 1 aromatic carbocycles. The Hall–Kier alpha value is -2.12. The van der Waals surface area contributed by atoms with Crippen molar-refractivity contribution >= 4 is 11.9 Å². The zero-order valence-electron chi connectivity index (χ0n) is 11.0. The lowest BCUT2D eigenvalue weighted by atomic mass is 10.1. The Labute approximate surface area is 117 Å². The quantitative estimate of drug-likeness (QED) is 0.822. The average Bonchev–Trinajstić information content (AvgIpc) is 2.37. The highest BCUT2D eigenvalue weighted by atomic mass is 19.4. The maximum atomic E-state index is 13.7. The molecule has 0 spiro atoms. The Kier molecular flexibility index (Phi) is 5.28. The minimum absolute atomic E-state index is 0.0814. The average molecular weight is 307 g/mol. The van der Waals surface area contributed by atoms with Gasteiger partial charge in [0.15, 0.2) is 0 Å². The number of benzene rings is 1. The number of hydrogen-bond donors (Lipinski definition) is 2. The van der Waals surface area contributed by atoms with Crippen molar-refractivity contribution in [3.8, 4) is 0 Å². The standard InChI is InChI=1S/C13H13F4NO3/c1-7(12(20)21)5-6-18-11(19)8-3-2-4-9(10(8)14)13(15,16)17/h2-4,7H,5-6H2,1H3,(H,18,19)(H,20,21). The Bertz CT molecular complexity index is 543. The maximum Gasteiger partial charge on any atom is 0.419 e. The Morgan fingerprint density at radius 1 is 1.33 bits per heavy atom. The highest BCUT2D eigenvalue weighted by Crippen LogP contribution is 2.32. The summed E-state index contributed by atoms with van der Waals surface area (Å²) >= 11 is 0. The number of nitrogens with one attached hydrogen (secondary N) is 1. The molecule has 0 saturated heterocycles. The molecule has 21 heavy (non-hydrogen) atoms. The van der Waals surface area contributed by atoms with E-state index in [0.717, 1.165) is 12.1 Å². The van der Waals surface area contributed by atoms with Crippen LogP contribution in [0.5, 0.6) is 0 Å². The number of carbonyl (C=O) groups excluding carboxylic acids is 1. The van der Waals surface area contributed by atoms with Gasteiger partial charge in [0.2, 0.25) is 0 Å². The van der Waals surface area contributed by atoms with Gasteiger partial charge in [0.05, 0.1) is 17.0 Å². The zero-order chi connectivity index (χ0) is 16.2. The van der Waals surface area contributed by atoms with E-state index in [1.807, 2.05) is 0 Å². The summed E-state index contributed by atoms with van der Waals surface area (Å²) in [5.74, 6) is -4.45. The number of carboxylic acid groups (broad SMARTS) is 1. The monoisotopic (exact) mass is 307 g/mol. The van der Waals surface area contributed by atoms with Crippen LogP contribution in [0.3, 0.4) is 0 Å². The van der Waals surface area contributed by atoms with Crippen LogP contribution in [0.1, 0.15) is 29.3 Å². The minimum atomic E-state index is -4.89. The van der Waals surface area contributed by atoms with Gasteiger partial charge in [-0.2, -0.15) is 13.2 Å². The van der Waals surface area contributed by atoms with Gasteiger partial charge in [-0.15, -0.1) is 0 Å².